The van der Waals surface area contributed by atoms with Gasteiger partial charge in [0.15, 0.2) is 0 Å². The Morgan fingerprint density at radius 3 is 2.66 bits per heavy atom. The van der Waals surface area contributed by atoms with Gasteiger partial charge in [-0.25, -0.2) is 0 Å². The number of fused-ring (bicyclic) bond motifs is 2. The summed E-state index contributed by atoms with van der Waals surface area (Å²) in [4.78, 5) is 14.3. The van der Waals surface area contributed by atoms with Crippen molar-refractivity contribution in [3.8, 4) is 5.75 Å². The monoisotopic (exact) mass is 415 g/mol. The Morgan fingerprint density at radius 2 is 1.93 bits per heavy atom. The van der Waals surface area contributed by atoms with E-state index in [0.29, 0.717) is 6.61 Å². The van der Waals surface area contributed by atoms with Crippen LogP contribution in [-0.4, -0.2) is 37.6 Å². The Kier molecular flexibility index (Phi) is 8.30. The van der Waals surface area contributed by atoms with E-state index in [1.165, 1.54) is 16.7 Å². The van der Waals surface area contributed by atoms with E-state index in [4.69, 9.17) is 9.47 Å². The van der Waals surface area contributed by atoms with Gasteiger partial charge in [-0.1, -0.05) is 36.4 Å². The summed E-state index contributed by atoms with van der Waals surface area (Å²) in [5.74, 6) is 0.649. The predicted octanol–water partition coefficient (Wildman–Crippen LogP) is 4.88. The Labute approximate surface area is 179 Å². The zero-order valence-corrected chi connectivity index (χ0v) is 18.4. The topological polar surface area (TPSA) is 38.8 Å². The van der Waals surface area contributed by atoms with Gasteiger partial charge in [-0.3, -0.25) is 4.79 Å². The molecule has 0 unspecified atom stereocenters. The van der Waals surface area contributed by atoms with Gasteiger partial charge in [0.25, 0.3) is 0 Å². The number of carbonyl (C=O) groups is 1. The molecule has 1 aliphatic rings. The van der Waals surface area contributed by atoms with Crippen LogP contribution in [0.5, 0.6) is 5.75 Å². The van der Waals surface area contributed by atoms with Crippen molar-refractivity contribution < 1.29 is 14.3 Å². The summed E-state index contributed by atoms with van der Waals surface area (Å²) in [5.41, 5.74) is 5.52. The van der Waals surface area contributed by atoms with Crippen molar-refractivity contribution in [2.75, 3.05) is 20.6 Å². The molecule has 156 valence electrons. The van der Waals surface area contributed by atoms with Crippen LogP contribution in [0.15, 0.2) is 48.5 Å². The van der Waals surface area contributed by atoms with E-state index in [9.17, 15) is 4.79 Å². The lowest BCUT2D eigenvalue weighted by Crippen LogP contribution is -2.13. The molecule has 1 heterocycles. The molecule has 29 heavy (non-hydrogen) atoms. The Balaban J connectivity index is 0.00000300. The third kappa shape index (κ3) is 6.09. The molecule has 0 amide bonds. The molecule has 0 N–H and O–H groups in total. The minimum absolute atomic E-state index is 0. The molecule has 4 nitrogen and oxygen atoms in total. The summed E-state index contributed by atoms with van der Waals surface area (Å²) in [6.07, 6.45) is 3.38. The summed E-state index contributed by atoms with van der Waals surface area (Å²) >= 11 is 0. The SMILES string of the molecule is CC(C)OC(=O)Cc1ccc2c(c1)/C(=C/CCN(C)C)c1ccccc1CO2.Cl. The molecule has 0 aromatic heterocycles. The number of nitrogens with zero attached hydrogens (tertiary/aromatic N) is 1. The van der Waals surface area contributed by atoms with Gasteiger partial charge in [-0.05, 0) is 68.8 Å². The van der Waals surface area contributed by atoms with Crippen molar-refractivity contribution in [1.82, 2.24) is 4.90 Å². The van der Waals surface area contributed by atoms with Gasteiger partial charge in [0.2, 0.25) is 0 Å². The molecule has 0 spiro atoms. The smallest absolute Gasteiger partial charge is 0.310 e. The maximum absolute atomic E-state index is 12.1. The molecule has 2 aromatic carbocycles. The number of rotatable bonds is 6. The van der Waals surface area contributed by atoms with Crippen molar-refractivity contribution in [2.45, 2.75) is 39.4 Å². The fraction of sp³-hybridized carbons (Fsp3) is 0.375. The molecule has 0 radical (unpaired) electrons. The first-order valence-corrected chi connectivity index (χ1v) is 9.83. The van der Waals surface area contributed by atoms with Gasteiger partial charge in [0, 0.05) is 12.1 Å². The Hall–Kier alpha value is -2.30. The summed E-state index contributed by atoms with van der Waals surface area (Å²) in [5, 5.41) is 0. The van der Waals surface area contributed by atoms with Crippen LogP contribution in [-0.2, 0) is 22.6 Å². The van der Waals surface area contributed by atoms with Gasteiger partial charge >= 0.3 is 5.97 Å². The van der Waals surface area contributed by atoms with Crippen molar-refractivity contribution >= 4 is 23.9 Å². The van der Waals surface area contributed by atoms with Crippen LogP contribution in [0, 0.1) is 0 Å². The van der Waals surface area contributed by atoms with E-state index in [2.05, 4.69) is 49.3 Å². The lowest BCUT2D eigenvalue weighted by Gasteiger charge is -2.14. The zero-order valence-electron chi connectivity index (χ0n) is 17.6. The standard InChI is InChI=1S/C24H29NO3.ClH/c1-17(2)28-24(26)15-18-11-12-23-22(14-18)21(10-7-13-25(3)4)20-9-6-5-8-19(20)16-27-23;/h5-6,8-12,14,17H,7,13,15-16H2,1-4H3;1H/b21-10+;. The van der Waals surface area contributed by atoms with Crippen molar-refractivity contribution in [1.29, 1.82) is 0 Å². The first-order valence-electron chi connectivity index (χ1n) is 9.83. The predicted molar refractivity (Wildman–Crippen MR) is 120 cm³/mol. The highest BCUT2D eigenvalue weighted by Gasteiger charge is 2.20. The molecule has 0 bridgehead atoms. The number of esters is 1. The Morgan fingerprint density at radius 1 is 1.17 bits per heavy atom. The number of benzene rings is 2. The second kappa shape index (κ2) is 10.5. The molecule has 5 heteroatoms. The molecule has 0 fully saturated rings. The highest BCUT2D eigenvalue weighted by atomic mass is 35.5. The number of halogens is 1. The lowest BCUT2D eigenvalue weighted by molar-refractivity contribution is -0.146. The number of hydrogen-bond donors (Lipinski definition) is 0. The van der Waals surface area contributed by atoms with E-state index in [1.807, 2.05) is 32.0 Å². The molecule has 1 aliphatic heterocycles. The molecule has 3 rings (SSSR count). The van der Waals surface area contributed by atoms with Crippen LogP contribution in [0.3, 0.4) is 0 Å². The summed E-state index contributed by atoms with van der Waals surface area (Å²) < 4.78 is 11.4. The van der Waals surface area contributed by atoms with Gasteiger partial charge in [-0.15, -0.1) is 12.4 Å². The van der Waals surface area contributed by atoms with Gasteiger partial charge in [0.1, 0.15) is 12.4 Å². The first kappa shape index (κ1) is 23.0. The van der Waals surface area contributed by atoms with Crippen LogP contribution >= 0.6 is 12.4 Å². The molecule has 0 atom stereocenters. The number of hydrogen-bond acceptors (Lipinski definition) is 4. The van der Waals surface area contributed by atoms with Crippen LogP contribution in [0.25, 0.3) is 5.57 Å². The Bertz CT molecular complexity index is 874. The third-order valence-corrected chi connectivity index (χ3v) is 4.67. The fourth-order valence-electron chi connectivity index (χ4n) is 3.39. The normalized spacial score (nSPS) is 13.9. The van der Waals surface area contributed by atoms with Crippen molar-refractivity contribution in [3.63, 3.8) is 0 Å². The van der Waals surface area contributed by atoms with Crippen LogP contribution in [0.4, 0.5) is 0 Å². The van der Waals surface area contributed by atoms with Crippen molar-refractivity contribution in [3.05, 3.63) is 70.8 Å². The molecule has 2 aromatic rings. The second-order valence-corrected chi connectivity index (χ2v) is 7.70. The lowest BCUT2D eigenvalue weighted by atomic mass is 9.92. The molecular formula is C24H30ClNO3. The van der Waals surface area contributed by atoms with Gasteiger partial charge < -0.3 is 14.4 Å². The first-order chi connectivity index (χ1) is 13.4. The van der Waals surface area contributed by atoms with Crippen LogP contribution in [0.2, 0.25) is 0 Å². The van der Waals surface area contributed by atoms with E-state index in [0.717, 1.165) is 29.8 Å². The number of carbonyl (C=O) groups excluding carboxylic acids is 1. The second-order valence-electron chi connectivity index (χ2n) is 7.70. The third-order valence-electron chi connectivity index (χ3n) is 4.67. The highest BCUT2D eigenvalue weighted by Crippen LogP contribution is 2.37. The van der Waals surface area contributed by atoms with E-state index < -0.39 is 0 Å². The maximum Gasteiger partial charge on any atom is 0.310 e. The molecular weight excluding hydrogens is 386 g/mol. The highest BCUT2D eigenvalue weighted by molar-refractivity contribution is 5.86. The largest absolute Gasteiger partial charge is 0.488 e. The quantitative estimate of drug-likeness (QED) is 0.630. The summed E-state index contributed by atoms with van der Waals surface area (Å²) in [7, 11) is 4.16. The minimum atomic E-state index is -0.206. The average molecular weight is 416 g/mol. The molecule has 0 saturated heterocycles. The van der Waals surface area contributed by atoms with Crippen LogP contribution in [0.1, 0.15) is 42.5 Å². The van der Waals surface area contributed by atoms with Crippen molar-refractivity contribution in [2.24, 2.45) is 0 Å². The molecule has 0 saturated carbocycles. The van der Waals surface area contributed by atoms with Crippen LogP contribution < -0.4 is 4.74 Å². The van der Waals surface area contributed by atoms with E-state index in [1.54, 1.807) is 0 Å². The zero-order chi connectivity index (χ0) is 20.1. The number of ether oxygens (including phenoxy) is 2. The van der Waals surface area contributed by atoms with Gasteiger partial charge in [0.05, 0.1) is 12.5 Å². The summed E-state index contributed by atoms with van der Waals surface area (Å²) in [6, 6.07) is 14.4. The van der Waals surface area contributed by atoms with E-state index in [-0.39, 0.29) is 30.9 Å². The van der Waals surface area contributed by atoms with Gasteiger partial charge in [-0.2, -0.15) is 0 Å². The minimum Gasteiger partial charge on any atom is -0.488 e. The van der Waals surface area contributed by atoms with E-state index >= 15 is 0 Å². The molecule has 0 aliphatic carbocycles. The maximum atomic E-state index is 12.1. The average Bonchev–Trinajstić information content (AvgIpc) is 2.78. The summed E-state index contributed by atoms with van der Waals surface area (Å²) in [6.45, 7) is 5.25. The fourth-order valence-corrected chi connectivity index (χ4v) is 3.39.